The Hall–Kier alpha value is -2.17. The number of ether oxygens (including phenoxy) is 1. The molecule has 2 rings (SSSR count). The van der Waals surface area contributed by atoms with Crippen LogP contribution < -0.4 is 0 Å². The van der Waals surface area contributed by atoms with Gasteiger partial charge >= 0.3 is 5.97 Å². The van der Waals surface area contributed by atoms with Crippen molar-refractivity contribution >= 4 is 5.97 Å². The molecule has 0 atom stereocenters. The number of carboxylic acids is 1. The zero-order valence-corrected chi connectivity index (χ0v) is 14.1. The molecule has 0 aliphatic heterocycles. The summed E-state index contributed by atoms with van der Waals surface area (Å²) >= 11 is 0. The topological polar surface area (TPSA) is 49.8 Å². The average molecular weight is 327 g/mol. The fourth-order valence-electron chi connectivity index (χ4n) is 2.65. The van der Waals surface area contributed by atoms with Gasteiger partial charge < -0.3 is 9.84 Å². The van der Waals surface area contributed by atoms with Gasteiger partial charge in [0.2, 0.25) is 0 Å². The molecule has 0 aliphatic rings. The van der Waals surface area contributed by atoms with E-state index in [-0.39, 0.29) is 0 Å². The van der Waals surface area contributed by atoms with Gasteiger partial charge in [0.05, 0.1) is 12.2 Å². The maximum atomic E-state index is 10.9. The summed E-state index contributed by atoms with van der Waals surface area (Å²) in [6.45, 7) is 3.35. The smallest absolute Gasteiger partial charge is 0.335 e. The van der Waals surface area contributed by atoms with Gasteiger partial charge in [0.1, 0.15) is 0 Å². The van der Waals surface area contributed by atoms with Crippen LogP contribution in [0.2, 0.25) is 0 Å². The molecule has 128 valence electrons. The summed E-state index contributed by atoms with van der Waals surface area (Å²) in [7, 11) is 1.71. The fourth-order valence-corrected chi connectivity index (χ4v) is 2.65. The lowest BCUT2D eigenvalue weighted by atomic mass is 10.1. The number of carboxylic acid groups (broad SMARTS) is 1. The third-order valence-corrected chi connectivity index (χ3v) is 4.00. The van der Waals surface area contributed by atoms with E-state index >= 15 is 0 Å². The molecule has 0 spiro atoms. The molecular weight excluding hydrogens is 302 g/mol. The molecule has 0 aliphatic carbocycles. The number of aryl methyl sites for hydroxylation is 1. The van der Waals surface area contributed by atoms with Crippen molar-refractivity contribution in [1.82, 2.24) is 4.90 Å². The Morgan fingerprint density at radius 1 is 1.00 bits per heavy atom. The molecule has 0 aromatic heterocycles. The Morgan fingerprint density at radius 3 is 2.33 bits per heavy atom. The summed E-state index contributed by atoms with van der Waals surface area (Å²) in [5, 5.41) is 8.97. The monoisotopic (exact) mass is 327 g/mol. The third-order valence-electron chi connectivity index (χ3n) is 4.00. The zero-order chi connectivity index (χ0) is 17.2. The Morgan fingerprint density at radius 2 is 1.71 bits per heavy atom. The van der Waals surface area contributed by atoms with Crippen molar-refractivity contribution in [3.05, 3.63) is 71.3 Å². The molecule has 0 saturated heterocycles. The molecular formula is C20H25NO3. The second-order valence-corrected chi connectivity index (χ2v) is 5.86. The second kappa shape index (κ2) is 9.85. The Bertz CT molecular complexity index is 611. The van der Waals surface area contributed by atoms with Crippen molar-refractivity contribution in [1.29, 1.82) is 0 Å². The van der Waals surface area contributed by atoms with Crippen LogP contribution in [-0.4, -0.2) is 42.8 Å². The maximum absolute atomic E-state index is 10.9. The fraction of sp³-hybridized carbons (Fsp3) is 0.350. The first-order valence-electron chi connectivity index (χ1n) is 8.26. The number of nitrogens with zero attached hydrogens (tertiary/aromatic N) is 1. The lowest BCUT2D eigenvalue weighted by Gasteiger charge is -2.22. The number of methoxy groups -OCH3 is 1. The minimum Gasteiger partial charge on any atom is -0.478 e. The predicted octanol–water partition coefficient (Wildman–Crippen LogP) is 3.47. The quantitative estimate of drug-likeness (QED) is 0.726. The highest BCUT2D eigenvalue weighted by molar-refractivity contribution is 5.87. The number of aromatic carboxylic acids is 1. The van der Waals surface area contributed by atoms with Gasteiger partial charge in [-0.25, -0.2) is 4.79 Å². The lowest BCUT2D eigenvalue weighted by molar-refractivity contribution is 0.0697. The van der Waals surface area contributed by atoms with Crippen molar-refractivity contribution in [3.63, 3.8) is 0 Å². The van der Waals surface area contributed by atoms with Crippen LogP contribution in [0, 0.1) is 0 Å². The SMILES string of the molecule is COCCN(CCCc1ccccc1)Cc1ccc(C(=O)O)cc1. The van der Waals surface area contributed by atoms with Crippen LogP contribution in [0.25, 0.3) is 0 Å². The lowest BCUT2D eigenvalue weighted by Crippen LogP contribution is -2.28. The number of benzene rings is 2. The Kier molecular flexibility index (Phi) is 7.46. The largest absolute Gasteiger partial charge is 0.478 e. The number of rotatable bonds is 10. The maximum Gasteiger partial charge on any atom is 0.335 e. The number of hydrogen-bond donors (Lipinski definition) is 1. The Labute approximate surface area is 143 Å². The molecule has 0 radical (unpaired) electrons. The van der Waals surface area contributed by atoms with E-state index in [2.05, 4.69) is 29.2 Å². The summed E-state index contributed by atoms with van der Waals surface area (Å²) in [5.41, 5.74) is 2.80. The molecule has 0 amide bonds. The summed E-state index contributed by atoms with van der Waals surface area (Å²) in [6, 6.07) is 17.6. The molecule has 4 heteroatoms. The van der Waals surface area contributed by atoms with Crippen molar-refractivity contribution in [2.75, 3.05) is 26.8 Å². The summed E-state index contributed by atoms with van der Waals surface area (Å²) in [6.07, 6.45) is 2.14. The van der Waals surface area contributed by atoms with E-state index in [0.717, 1.165) is 38.0 Å². The van der Waals surface area contributed by atoms with Crippen LogP contribution in [0.5, 0.6) is 0 Å². The van der Waals surface area contributed by atoms with Crippen molar-refractivity contribution in [2.45, 2.75) is 19.4 Å². The van der Waals surface area contributed by atoms with Crippen molar-refractivity contribution in [3.8, 4) is 0 Å². The summed E-state index contributed by atoms with van der Waals surface area (Å²) in [4.78, 5) is 13.3. The van der Waals surface area contributed by atoms with Crippen LogP contribution in [0.1, 0.15) is 27.9 Å². The van der Waals surface area contributed by atoms with Crippen LogP contribution in [-0.2, 0) is 17.7 Å². The molecule has 1 N–H and O–H groups in total. The first-order valence-corrected chi connectivity index (χ1v) is 8.26. The van der Waals surface area contributed by atoms with E-state index in [1.165, 1.54) is 5.56 Å². The van der Waals surface area contributed by atoms with Gasteiger partial charge in [-0.15, -0.1) is 0 Å². The van der Waals surface area contributed by atoms with E-state index in [0.29, 0.717) is 12.2 Å². The van der Waals surface area contributed by atoms with Gasteiger partial charge in [-0.3, -0.25) is 4.90 Å². The van der Waals surface area contributed by atoms with Gasteiger partial charge in [-0.1, -0.05) is 42.5 Å². The predicted molar refractivity (Wildman–Crippen MR) is 95.3 cm³/mol. The molecule has 2 aromatic rings. The number of carbonyl (C=O) groups is 1. The highest BCUT2D eigenvalue weighted by atomic mass is 16.5. The van der Waals surface area contributed by atoms with E-state index in [1.54, 1.807) is 19.2 Å². The molecule has 0 unspecified atom stereocenters. The minimum absolute atomic E-state index is 0.325. The first-order chi connectivity index (χ1) is 11.7. The van der Waals surface area contributed by atoms with Gasteiger partial charge in [0.25, 0.3) is 0 Å². The van der Waals surface area contributed by atoms with Crippen LogP contribution in [0.4, 0.5) is 0 Å². The summed E-state index contributed by atoms with van der Waals surface area (Å²) in [5.74, 6) is -0.888. The summed E-state index contributed by atoms with van der Waals surface area (Å²) < 4.78 is 5.21. The van der Waals surface area contributed by atoms with E-state index in [9.17, 15) is 4.79 Å². The third kappa shape index (κ3) is 6.14. The molecule has 0 fully saturated rings. The van der Waals surface area contributed by atoms with E-state index in [4.69, 9.17) is 9.84 Å². The van der Waals surface area contributed by atoms with Crippen molar-refractivity contribution < 1.29 is 14.6 Å². The van der Waals surface area contributed by atoms with Crippen molar-refractivity contribution in [2.24, 2.45) is 0 Å². The zero-order valence-electron chi connectivity index (χ0n) is 14.1. The minimum atomic E-state index is -0.888. The van der Waals surface area contributed by atoms with E-state index < -0.39 is 5.97 Å². The van der Waals surface area contributed by atoms with Gasteiger partial charge in [-0.2, -0.15) is 0 Å². The van der Waals surface area contributed by atoms with E-state index in [1.807, 2.05) is 18.2 Å². The molecule has 2 aromatic carbocycles. The van der Waals surface area contributed by atoms with Crippen LogP contribution in [0.15, 0.2) is 54.6 Å². The highest BCUT2D eigenvalue weighted by Gasteiger charge is 2.08. The average Bonchev–Trinajstić information content (AvgIpc) is 2.61. The normalized spacial score (nSPS) is 10.9. The molecule has 24 heavy (non-hydrogen) atoms. The molecule has 0 saturated carbocycles. The number of hydrogen-bond acceptors (Lipinski definition) is 3. The molecule has 4 nitrogen and oxygen atoms in total. The molecule has 0 bridgehead atoms. The van der Waals surface area contributed by atoms with Crippen LogP contribution in [0.3, 0.4) is 0 Å². The Balaban J connectivity index is 1.88. The van der Waals surface area contributed by atoms with Gasteiger partial charge in [-0.05, 0) is 42.6 Å². The van der Waals surface area contributed by atoms with Crippen LogP contribution >= 0.6 is 0 Å². The van der Waals surface area contributed by atoms with Gasteiger partial charge in [0, 0.05) is 20.2 Å². The second-order valence-electron chi connectivity index (χ2n) is 5.86. The highest BCUT2D eigenvalue weighted by Crippen LogP contribution is 2.10. The van der Waals surface area contributed by atoms with Gasteiger partial charge in [0.15, 0.2) is 0 Å². The standard InChI is InChI=1S/C20H25NO3/c1-24-15-14-21(13-5-8-17-6-3-2-4-7-17)16-18-9-11-19(12-10-18)20(22)23/h2-4,6-7,9-12H,5,8,13-16H2,1H3,(H,22,23). The first kappa shape index (κ1) is 18.2. The molecule has 0 heterocycles.